The second kappa shape index (κ2) is 9.49. The third-order valence-corrected chi connectivity index (χ3v) is 8.95. The quantitative estimate of drug-likeness (QED) is 0.393. The van der Waals surface area contributed by atoms with E-state index in [4.69, 9.17) is 4.99 Å². The Kier molecular flexibility index (Phi) is 6.12. The van der Waals surface area contributed by atoms with Gasteiger partial charge in [0.2, 0.25) is 0 Å². The number of aliphatic carboxylic acids is 1. The molecule has 0 fully saturated rings. The molecular weight excluding hydrogens is 498 g/mol. The van der Waals surface area contributed by atoms with Gasteiger partial charge in [-0.05, 0) is 56.0 Å². The van der Waals surface area contributed by atoms with Gasteiger partial charge in [-0.25, -0.2) is 0 Å². The highest BCUT2D eigenvalue weighted by molar-refractivity contribution is 7.15. The standard InChI is InChI=1S/C29H29N5O3S/c1-16-23(15-35)38-28-24(16)26(30-25(17(2)29(36)37)27-32-31-18(3)34(27)28)20-8-10-22(11-9-20)33-13-12-19-6-4-5-7-21(19)14-33/h4-11,17,25,35H,12-15H2,1-3H3,(H,36,37)/t17?,25-/m0/s1. The summed E-state index contributed by atoms with van der Waals surface area (Å²) in [5, 5.41) is 29.5. The number of thiophene rings is 1. The number of hydrogen-bond acceptors (Lipinski definition) is 7. The van der Waals surface area contributed by atoms with Crippen molar-refractivity contribution >= 4 is 28.7 Å². The maximum Gasteiger partial charge on any atom is 0.308 e. The summed E-state index contributed by atoms with van der Waals surface area (Å²) in [7, 11) is 0. The Morgan fingerprint density at radius 1 is 1.11 bits per heavy atom. The van der Waals surface area contributed by atoms with Gasteiger partial charge in [0.05, 0.1) is 18.2 Å². The molecule has 8 nitrogen and oxygen atoms in total. The van der Waals surface area contributed by atoms with Gasteiger partial charge in [-0.15, -0.1) is 21.5 Å². The zero-order chi connectivity index (χ0) is 26.6. The van der Waals surface area contributed by atoms with Crippen LogP contribution in [0.1, 0.15) is 57.3 Å². The van der Waals surface area contributed by atoms with E-state index < -0.39 is 17.9 Å². The van der Waals surface area contributed by atoms with E-state index in [1.54, 1.807) is 6.92 Å². The van der Waals surface area contributed by atoms with E-state index in [9.17, 15) is 15.0 Å². The summed E-state index contributed by atoms with van der Waals surface area (Å²) in [6, 6.07) is 16.2. The molecule has 4 heterocycles. The molecule has 0 aliphatic carbocycles. The van der Waals surface area contributed by atoms with Crippen molar-refractivity contribution in [2.75, 3.05) is 11.4 Å². The van der Waals surface area contributed by atoms with Crippen LogP contribution in [0, 0.1) is 19.8 Å². The van der Waals surface area contributed by atoms with Crippen molar-refractivity contribution in [1.82, 2.24) is 14.8 Å². The number of benzene rings is 2. The van der Waals surface area contributed by atoms with Crippen molar-refractivity contribution in [1.29, 1.82) is 0 Å². The molecule has 9 heteroatoms. The molecule has 2 aromatic heterocycles. The topological polar surface area (TPSA) is 104 Å². The second-order valence-corrected chi connectivity index (χ2v) is 11.0. The Labute approximate surface area is 224 Å². The monoisotopic (exact) mass is 527 g/mol. The minimum atomic E-state index is -0.941. The Hall–Kier alpha value is -3.82. The van der Waals surface area contributed by atoms with Crippen LogP contribution < -0.4 is 4.90 Å². The Bertz CT molecular complexity index is 1570. The van der Waals surface area contributed by atoms with Gasteiger partial charge >= 0.3 is 5.97 Å². The van der Waals surface area contributed by atoms with Crippen molar-refractivity contribution in [3.8, 4) is 5.00 Å². The van der Waals surface area contributed by atoms with Crippen LogP contribution >= 0.6 is 11.3 Å². The van der Waals surface area contributed by atoms with Crippen molar-refractivity contribution < 1.29 is 15.0 Å². The number of carboxylic acid groups (broad SMARTS) is 1. The molecule has 0 saturated carbocycles. The van der Waals surface area contributed by atoms with Crippen molar-refractivity contribution in [2.45, 2.75) is 46.4 Å². The Morgan fingerprint density at radius 3 is 2.55 bits per heavy atom. The number of nitrogens with zero attached hydrogens (tertiary/aromatic N) is 5. The highest BCUT2D eigenvalue weighted by Crippen LogP contribution is 2.41. The largest absolute Gasteiger partial charge is 0.481 e. The van der Waals surface area contributed by atoms with E-state index in [1.807, 2.05) is 18.4 Å². The van der Waals surface area contributed by atoms with Crippen LogP contribution in [0.4, 0.5) is 5.69 Å². The molecule has 6 rings (SSSR count). The van der Waals surface area contributed by atoms with Crippen molar-refractivity contribution in [3.63, 3.8) is 0 Å². The molecule has 0 radical (unpaired) electrons. The van der Waals surface area contributed by atoms with Crippen LogP contribution in [0.5, 0.6) is 0 Å². The van der Waals surface area contributed by atoms with Crippen LogP contribution in [0.25, 0.3) is 5.00 Å². The number of aliphatic hydroxyl groups excluding tert-OH is 1. The fraction of sp³-hybridized carbons (Fsp3) is 0.310. The third-order valence-electron chi connectivity index (χ3n) is 7.69. The first-order chi connectivity index (χ1) is 18.4. The lowest BCUT2D eigenvalue weighted by molar-refractivity contribution is -0.141. The van der Waals surface area contributed by atoms with Crippen LogP contribution in [-0.4, -0.2) is 43.2 Å². The van der Waals surface area contributed by atoms with Gasteiger partial charge in [0, 0.05) is 34.8 Å². The summed E-state index contributed by atoms with van der Waals surface area (Å²) in [5.74, 6) is -0.578. The zero-order valence-corrected chi connectivity index (χ0v) is 22.4. The zero-order valence-electron chi connectivity index (χ0n) is 21.5. The number of carboxylic acids is 1. The lowest BCUT2D eigenvalue weighted by atomic mass is 9.97. The minimum absolute atomic E-state index is 0.0857. The number of aromatic nitrogens is 3. The number of aliphatic hydroxyl groups is 1. The third kappa shape index (κ3) is 3.93. The highest BCUT2D eigenvalue weighted by atomic mass is 32.1. The normalized spacial score (nSPS) is 17.2. The van der Waals surface area contributed by atoms with Crippen molar-refractivity contribution in [3.05, 3.63) is 92.9 Å². The first kappa shape index (κ1) is 24.5. The molecule has 0 amide bonds. The molecule has 4 aromatic rings. The summed E-state index contributed by atoms with van der Waals surface area (Å²) in [5.41, 5.74) is 7.35. The first-order valence-corrected chi connectivity index (χ1v) is 13.6. The van der Waals surface area contributed by atoms with E-state index in [1.165, 1.54) is 22.5 Å². The minimum Gasteiger partial charge on any atom is -0.481 e. The lowest BCUT2D eigenvalue weighted by Crippen LogP contribution is -2.30. The van der Waals surface area contributed by atoms with E-state index in [-0.39, 0.29) is 6.61 Å². The van der Waals surface area contributed by atoms with Gasteiger partial charge in [0.15, 0.2) is 5.82 Å². The molecule has 38 heavy (non-hydrogen) atoms. The van der Waals surface area contributed by atoms with Crippen LogP contribution in [-0.2, 0) is 24.4 Å². The molecule has 0 bridgehead atoms. The second-order valence-electron chi connectivity index (χ2n) is 9.97. The van der Waals surface area contributed by atoms with Gasteiger partial charge in [-0.3, -0.25) is 14.4 Å². The van der Waals surface area contributed by atoms with E-state index in [2.05, 4.69) is 63.6 Å². The number of rotatable bonds is 5. The van der Waals surface area contributed by atoms with Crippen LogP contribution in [0.2, 0.25) is 0 Å². The Balaban J connectivity index is 1.45. The fourth-order valence-corrected chi connectivity index (χ4v) is 6.67. The highest BCUT2D eigenvalue weighted by Gasteiger charge is 2.36. The summed E-state index contributed by atoms with van der Waals surface area (Å²) in [4.78, 5) is 20.4. The van der Waals surface area contributed by atoms with E-state index in [0.717, 1.165) is 51.8 Å². The molecule has 2 aromatic carbocycles. The molecule has 2 aliphatic heterocycles. The Morgan fingerprint density at radius 2 is 1.84 bits per heavy atom. The molecular formula is C29H29N5O3S. The summed E-state index contributed by atoms with van der Waals surface area (Å²) >= 11 is 1.47. The number of anilines is 1. The number of aliphatic imine (C=N–C) groups is 1. The van der Waals surface area contributed by atoms with Crippen molar-refractivity contribution in [2.24, 2.45) is 10.9 Å². The van der Waals surface area contributed by atoms with Gasteiger partial charge < -0.3 is 15.1 Å². The van der Waals surface area contributed by atoms with Gasteiger partial charge in [0.25, 0.3) is 0 Å². The maximum absolute atomic E-state index is 12.1. The molecule has 1 unspecified atom stereocenters. The SMILES string of the molecule is Cc1c(CO)sc2c1C(c1ccc(N3CCc4ccccc4C3)cc1)=N[C@@H](C(C)C(=O)O)c1nnc(C)n1-2. The van der Waals surface area contributed by atoms with Crippen LogP contribution in [0.3, 0.4) is 0 Å². The van der Waals surface area contributed by atoms with E-state index in [0.29, 0.717) is 17.4 Å². The average Bonchev–Trinajstić information content (AvgIpc) is 3.42. The molecule has 2 N–H and O–H groups in total. The van der Waals surface area contributed by atoms with Gasteiger partial charge in [0.1, 0.15) is 16.9 Å². The number of carbonyl (C=O) groups is 1. The maximum atomic E-state index is 12.1. The van der Waals surface area contributed by atoms with Gasteiger partial charge in [-0.2, -0.15) is 0 Å². The predicted molar refractivity (Wildman–Crippen MR) is 147 cm³/mol. The first-order valence-electron chi connectivity index (χ1n) is 12.8. The smallest absolute Gasteiger partial charge is 0.308 e. The summed E-state index contributed by atoms with van der Waals surface area (Å²) < 4.78 is 1.91. The predicted octanol–water partition coefficient (Wildman–Crippen LogP) is 4.61. The molecule has 0 spiro atoms. The number of hydrogen-bond donors (Lipinski definition) is 2. The van der Waals surface area contributed by atoms with E-state index >= 15 is 0 Å². The lowest BCUT2D eigenvalue weighted by Gasteiger charge is -2.31. The number of fused-ring (bicyclic) bond motifs is 4. The summed E-state index contributed by atoms with van der Waals surface area (Å²) in [6.07, 6.45) is 1.01. The van der Waals surface area contributed by atoms with Crippen LogP contribution in [0.15, 0.2) is 53.5 Å². The molecule has 2 atom stereocenters. The molecule has 0 saturated heterocycles. The molecule has 2 aliphatic rings. The average molecular weight is 528 g/mol. The van der Waals surface area contributed by atoms with Gasteiger partial charge in [-0.1, -0.05) is 36.4 Å². The fourth-order valence-electron chi connectivity index (χ4n) is 5.45. The number of aryl methyl sites for hydroxylation is 1. The molecule has 194 valence electrons. The summed E-state index contributed by atoms with van der Waals surface area (Å²) in [6.45, 7) is 7.23.